The van der Waals surface area contributed by atoms with Crippen LogP contribution in [0.4, 0.5) is 0 Å². The van der Waals surface area contributed by atoms with E-state index >= 15 is 0 Å². The molecule has 28 heavy (non-hydrogen) atoms. The maximum atomic E-state index is 13.2. The molecule has 7 heteroatoms. The summed E-state index contributed by atoms with van der Waals surface area (Å²) in [6.45, 7) is 1.59. The third kappa shape index (κ3) is 3.75. The van der Waals surface area contributed by atoms with E-state index in [1.165, 1.54) is 0 Å². The molecule has 0 unspecified atom stereocenters. The number of fused-ring (bicyclic) bond motifs is 1. The fraction of sp³-hybridized carbons (Fsp3) is 0.286. The lowest BCUT2D eigenvalue weighted by atomic mass is 9.96. The number of aromatic nitrogens is 3. The second-order valence-electron chi connectivity index (χ2n) is 6.75. The lowest BCUT2D eigenvalue weighted by Gasteiger charge is -2.35. The van der Waals surface area contributed by atoms with Gasteiger partial charge in [-0.25, -0.2) is 4.98 Å². The van der Waals surface area contributed by atoms with Crippen molar-refractivity contribution in [3.63, 3.8) is 0 Å². The summed E-state index contributed by atoms with van der Waals surface area (Å²) in [6, 6.07) is 11.3. The standard InChI is InChI=1S/C21H23N5O2/c22-8-11-28-17-5-3-15(4-6-17)12-19(27)26-10-7-18-20(25-14-24-18)21(26)16-2-1-9-23-13-16/h1-6,9,13-14,21H,7-8,10-12,22H2,(H,24,25)/t21-/m1/s1. The Hall–Kier alpha value is -3.19. The summed E-state index contributed by atoms with van der Waals surface area (Å²) in [5, 5.41) is 0. The average molecular weight is 377 g/mol. The van der Waals surface area contributed by atoms with E-state index in [1.807, 2.05) is 41.3 Å². The minimum atomic E-state index is -0.219. The summed E-state index contributed by atoms with van der Waals surface area (Å²) in [5.41, 5.74) is 9.35. The van der Waals surface area contributed by atoms with E-state index in [2.05, 4.69) is 15.0 Å². The molecule has 2 aromatic heterocycles. The molecule has 0 saturated carbocycles. The van der Waals surface area contributed by atoms with Crippen molar-refractivity contribution in [3.05, 3.63) is 77.6 Å². The first-order valence-electron chi connectivity index (χ1n) is 9.39. The van der Waals surface area contributed by atoms with Gasteiger partial charge in [0.25, 0.3) is 0 Å². The molecule has 1 aromatic carbocycles. The lowest BCUT2D eigenvalue weighted by molar-refractivity contribution is -0.132. The zero-order valence-electron chi connectivity index (χ0n) is 15.5. The predicted octanol–water partition coefficient (Wildman–Crippen LogP) is 1.86. The number of nitrogens with zero attached hydrogens (tertiary/aromatic N) is 3. The molecule has 3 heterocycles. The predicted molar refractivity (Wildman–Crippen MR) is 105 cm³/mol. The third-order valence-electron chi connectivity index (χ3n) is 4.91. The summed E-state index contributed by atoms with van der Waals surface area (Å²) in [5.74, 6) is 0.826. The summed E-state index contributed by atoms with van der Waals surface area (Å²) in [4.78, 5) is 27.0. The monoisotopic (exact) mass is 377 g/mol. The van der Waals surface area contributed by atoms with Gasteiger partial charge in [0.05, 0.1) is 18.4 Å². The Kier molecular flexibility index (Phi) is 5.34. The molecule has 1 aliphatic rings. The molecule has 0 aliphatic carbocycles. The molecular formula is C21H23N5O2. The number of ether oxygens (including phenoxy) is 1. The number of carbonyl (C=O) groups excluding carboxylic acids is 1. The number of nitrogens with two attached hydrogens (primary N) is 1. The fourth-order valence-corrected chi connectivity index (χ4v) is 3.58. The number of amides is 1. The number of aromatic amines is 1. The van der Waals surface area contributed by atoms with Gasteiger partial charge in [-0.3, -0.25) is 9.78 Å². The maximum absolute atomic E-state index is 13.2. The molecule has 0 fully saturated rings. The van der Waals surface area contributed by atoms with Crippen molar-refractivity contribution < 1.29 is 9.53 Å². The first-order valence-corrected chi connectivity index (χ1v) is 9.39. The molecule has 144 valence electrons. The SMILES string of the molecule is NCCOc1ccc(CC(=O)N2CCc3[nH]cnc3[C@H]2c2cccnc2)cc1. The highest BCUT2D eigenvalue weighted by molar-refractivity contribution is 5.80. The highest BCUT2D eigenvalue weighted by atomic mass is 16.5. The van der Waals surface area contributed by atoms with E-state index in [0.29, 0.717) is 26.1 Å². The molecule has 1 amide bonds. The number of hydrogen-bond donors (Lipinski definition) is 2. The van der Waals surface area contributed by atoms with Gasteiger partial charge in [0.1, 0.15) is 18.4 Å². The van der Waals surface area contributed by atoms with Crippen LogP contribution in [-0.4, -0.2) is 45.5 Å². The molecule has 1 atom stereocenters. The Balaban J connectivity index is 1.54. The maximum Gasteiger partial charge on any atom is 0.227 e. The zero-order chi connectivity index (χ0) is 19.3. The van der Waals surface area contributed by atoms with Crippen LogP contribution in [0.3, 0.4) is 0 Å². The molecular weight excluding hydrogens is 354 g/mol. The summed E-state index contributed by atoms with van der Waals surface area (Å²) < 4.78 is 5.50. The minimum Gasteiger partial charge on any atom is -0.492 e. The number of carbonyl (C=O) groups is 1. The van der Waals surface area contributed by atoms with Gasteiger partial charge in [0.2, 0.25) is 5.91 Å². The number of hydrogen-bond acceptors (Lipinski definition) is 5. The first kappa shape index (κ1) is 18.2. The van der Waals surface area contributed by atoms with E-state index in [0.717, 1.165) is 34.7 Å². The van der Waals surface area contributed by atoms with Gasteiger partial charge in [-0.1, -0.05) is 18.2 Å². The number of imidazole rings is 1. The normalized spacial score (nSPS) is 15.9. The first-order chi connectivity index (χ1) is 13.8. The van der Waals surface area contributed by atoms with Crippen LogP contribution in [0.25, 0.3) is 0 Å². The number of benzene rings is 1. The smallest absolute Gasteiger partial charge is 0.227 e. The summed E-state index contributed by atoms with van der Waals surface area (Å²) >= 11 is 0. The molecule has 0 bridgehead atoms. The van der Waals surface area contributed by atoms with Gasteiger partial charge in [0.15, 0.2) is 0 Å². The van der Waals surface area contributed by atoms with Crippen LogP contribution in [0, 0.1) is 0 Å². The van der Waals surface area contributed by atoms with Crippen molar-refractivity contribution in [2.75, 3.05) is 19.7 Å². The molecule has 0 saturated heterocycles. The van der Waals surface area contributed by atoms with Crippen molar-refractivity contribution in [2.45, 2.75) is 18.9 Å². The number of rotatable bonds is 6. The molecule has 3 N–H and O–H groups in total. The van der Waals surface area contributed by atoms with E-state index < -0.39 is 0 Å². The van der Waals surface area contributed by atoms with E-state index in [9.17, 15) is 4.79 Å². The summed E-state index contributed by atoms with van der Waals surface area (Å²) in [7, 11) is 0. The van der Waals surface area contributed by atoms with Gasteiger partial charge in [-0.2, -0.15) is 0 Å². The van der Waals surface area contributed by atoms with Crippen molar-refractivity contribution in [3.8, 4) is 5.75 Å². The van der Waals surface area contributed by atoms with Gasteiger partial charge in [0, 0.05) is 37.6 Å². The minimum absolute atomic E-state index is 0.0677. The molecule has 4 rings (SSSR count). The average Bonchev–Trinajstić information content (AvgIpc) is 3.22. The number of H-pyrrole nitrogens is 1. The zero-order valence-corrected chi connectivity index (χ0v) is 15.5. The molecule has 0 spiro atoms. The third-order valence-corrected chi connectivity index (χ3v) is 4.91. The highest BCUT2D eigenvalue weighted by Gasteiger charge is 2.33. The van der Waals surface area contributed by atoms with E-state index in [4.69, 9.17) is 10.5 Å². The number of nitrogens with one attached hydrogen (secondary N) is 1. The van der Waals surface area contributed by atoms with Crippen LogP contribution in [0.2, 0.25) is 0 Å². The lowest BCUT2D eigenvalue weighted by Crippen LogP contribution is -2.41. The van der Waals surface area contributed by atoms with Crippen LogP contribution in [0.15, 0.2) is 55.1 Å². The second kappa shape index (κ2) is 8.22. The van der Waals surface area contributed by atoms with Crippen LogP contribution in [0.5, 0.6) is 5.75 Å². The van der Waals surface area contributed by atoms with Crippen LogP contribution < -0.4 is 10.5 Å². The van der Waals surface area contributed by atoms with Crippen molar-refractivity contribution >= 4 is 5.91 Å². The highest BCUT2D eigenvalue weighted by Crippen LogP contribution is 2.33. The van der Waals surface area contributed by atoms with Gasteiger partial charge >= 0.3 is 0 Å². The van der Waals surface area contributed by atoms with Crippen LogP contribution in [-0.2, 0) is 17.6 Å². The Morgan fingerprint density at radius 2 is 2.14 bits per heavy atom. The summed E-state index contributed by atoms with van der Waals surface area (Å²) in [6.07, 6.45) is 6.33. The molecule has 7 nitrogen and oxygen atoms in total. The van der Waals surface area contributed by atoms with Crippen molar-refractivity contribution in [2.24, 2.45) is 5.73 Å². The Bertz CT molecular complexity index is 923. The fourth-order valence-electron chi connectivity index (χ4n) is 3.58. The Morgan fingerprint density at radius 3 is 2.89 bits per heavy atom. The van der Waals surface area contributed by atoms with E-state index in [1.54, 1.807) is 18.7 Å². The Morgan fingerprint density at radius 1 is 1.29 bits per heavy atom. The quantitative estimate of drug-likeness (QED) is 0.683. The van der Waals surface area contributed by atoms with Crippen LogP contribution in [0.1, 0.15) is 28.6 Å². The van der Waals surface area contributed by atoms with Gasteiger partial charge < -0.3 is 20.4 Å². The molecule has 3 aromatic rings. The van der Waals surface area contributed by atoms with Crippen molar-refractivity contribution in [1.29, 1.82) is 0 Å². The molecule has 0 radical (unpaired) electrons. The van der Waals surface area contributed by atoms with Gasteiger partial charge in [-0.05, 0) is 29.3 Å². The topological polar surface area (TPSA) is 97.1 Å². The largest absolute Gasteiger partial charge is 0.492 e. The second-order valence-corrected chi connectivity index (χ2v) is 6.75. The van der Waals surface area contributed by atoms with Gasteiger partial charge in [-0.15, -0.1) is 0 Å². The molecule has 1 aliphatic heterocycles. The number of pyridine rings is 1. The van der Waals surface area contributed by atoms with Crippen LogP contribution >= 0.6 is 0 Å². The Labute approximate surface area is 163 Å². The van der Waals surface area contributed by atoms with Crippen molar-refractivity contribution in [1.82, 2.24) is 19.9 Å². The van der Waals surface area contributed by atoms with E-state index in [-0.39, 0.29) is 11.9 Å².